The molecule has 3 rings (SSSR count). The number of anilines is 1. The highest BCUT2D eigenvalue weighted by Gasteiger charge is 2.21. The number of fused-ring (bicyclic) bond motifs is 1. The Morgan fingerprint density at radius 3 is 3.05 bits per heavy atom. The van der Waals surface area contributed by atoms with Crippen molar-refractivity contribution in [2.75, 3.05) is 5.73 Å². The van der Waals surface area contributed by atoms with Crippen molar-refractivity contribution in [2.24, 2.45) is 0 Å². The predicted octanol–water partition coefficient (Wildman–Crippen LogP) is 3.69. The first kappa shape index (κ1) is 14.8. The molecule has 0 amide bonds. The largest absolute Gasteiger partial charge is 0.375 e. The van der Waals surface area contributed by atoms with Gasteiger partial charge in [0.25, 0.3) is 0 Å². The number of nitrogen functional groups attached to an aromatic ring is 1. The van der Waals surface area contributed by atoms with Gasteiger partial charge in [0.2, 0.25) is 0 Å². The fourth-order valence-electron chi connectivity index (χ4n) is 2.43. The van der Waals surface area contributed by atoms with Crippen LogP contribution in [0.2, 0.25) is 0 Å². The van der Waals surface area contributed by atoms with Gasteiger partial charge in [0.1, 0.15) is 0 Å². The molecule has 102 valence electrons. The second-order valence-corrected chi connectivity index (χ2v) is 6.54. The standard InChI is InChI=1S/C13H14BrN3S.ClH/c14-9-2-3-11-8(5-9)1-4-12(11)16-6-10-7-17-13(15)18-10;/h2-3,5,7,12,16H,1,4,6H2,(H2,15,17);1H. The average molecular weight is 361 g/mol. The van der Waals surface area contributed by atoms with E-state index in [2.05, 4.69) is 44.4 Å². The van der Waals surface area contributed by atoms with Crippen molar-refractivity contribution in [2.45, 2.75) is 25.4 Å². The van der Waals surface area contributed by atoms with E-state index in [1.165, 1.54) is 22.4 Å². The average Bonchev–Trinajstić information content (AvgIpc) is 2.92. The lowest BCUT2D eigenvalue weighted by atomic mass is 10.1. The number of nitrogens with two attached hydrogens (primary N) is 1. The first-order chi connectivity index (χ1) is 8.72. The van der Waals surface area contributed by atoms with Crippen LogP contribution in [-0.2, 0) is 13.0 Å². The summed E-state index contributed by atoms with van der Waals surface area (Å²) < 4.78 is 1.16. The molecule has 0 saturated heterocycles. The number of aromatic nitrogens is 1. The lowest BCUT2D eigenvalue weighted by Gasteiger charge is -2.13. The number of halogens is 2. The van der Waals surface area contributed by atoms with Crippen molar-refractivity contribution in [3.63, 3.8) is 0 Å². The number of benzene rings is 1. The van der Waals surface area contributed by atoms with Crippen LogP contribution < -0.4 is 11.1 Å². The van der Waals surface area contributed by atoms with Gasteiger partial charge in [0, 0.05) is 28.1 Å². The van der Waals surface area contributed by atoms with Crippen LogP contribution in [0.5, 0.6) is 0 Å². The molecule has 6 heteroatoms. The van der Waals surface area contributed by atoms with Crippen LogP contribution in [0.15, 0.2) is 28.9 Å². The van der Waals surface area contributed by atoms with Gasteiger partial charge in [-0.1, -0.05) is 22.0 Å². The lowest BCUT2D eigenvalue weighted by molar-refractivity contribution is 0.533. The molecule has 1 aromatic carbocycles. The fraction of sp³-hybridized carbons (Fsp3) is 0.308. The molecule has 0 radical (unpaired) electrons. The van der Waals surface area contributed by atoms with Crippen molar-refractivity contribution >= 4 is 44.8 Å². The fourth-order valence-corrected chi connectivity index (χ4v) is 3.47. The number of aryl methyl sites for hydroxylation is 1. The summed E-state index contributed by atoms with van der Waals surface area (Å²) in [6.45, 7) is 0.842. The second-order valence-electron chi connectivity index (χ2n) is 4.48. The highest BCUT2D eigenvalue weighted by molar-refractivity contribution is 9.10. The maximum atomic E-state index is 5.63. The van der Waals surface area contributed by atoms with E-state index in [0.29, 0.717) is 11.2 Å². The van der Waals surface area contributed by atoms with Gasteiger partial charge in [0.05, 0.1) is 0 Å². The molecule has 0 bridgehead atoms. The smallest absolute Gasteiger partial charge is 0.180 e. The van der Waals surface area contributed by atoms with E-state index in [9.17, 15) is 0 Å². The van der Waals surface area contributed by atoms with Gasteiger partial charge >= 0.3 is 0 Å². The Kier molecular flexibility index (Phi) is 4.84. The van der Waals surface area contributed by atoms with Gasteiger partial charge in [-0.15, -0.1) is 23.7 Å². The molecule has 19 heavy (non-hydrogen) atoms. The van der Waals surface area contributed by atoms with Crippen molar-refractivity contribution in [1.82, 2.24) is 10.3 Å². The number of hydrogen-bond acceptors (Lipinski definition) is 4. The molecule has 2 aromatic rings. The number of nitrogens with one attached hydrogen (secondary N) is 1. The van der Waals surface area contributed by atoms with Crippen LogP contribution in [0.25, 0.3) is 0 Å². The van der Waals surface area contributed by atoms with E-state index in [0.717, 1.165) is 17.4 Å². The Morgan fingerprint density at radius 2 is 2.32 bits per heavy atom. The molecular formula is C13H15BrClN3S. The molecule has 1 aromatic heterocycles. The summed E-state index contributed by atoms with van der Waals surface area (Å²) >= 11 is 5.07. The third-order valence-corrected chi connectivity index (χ3v) is 4.60. The summed E-state index contributed by atoms with van der Waals surface area (Å²) in [7, 11) is 0. The van der Waals surface area contributed by atoms with Crippen LogP contribution in [0, 0.1) is 0 Å². The van der Waals surface area contributed by atoms with Crippen LogP contribution in [0.1, 0.15) is 28.5 Å². The van der Waals surface area contributed by atoms with Gasteiger partial charge in [-0.2, -0.15) is 0 Å². The van der Waals surface area contributed by atoms with E-state index in [-0.39, 0.29) is 12.4 Å². The number of nitrogens with zero attached hydrogens (tertiary/aromatic N) is 1. The van der Waals surface area contributed by atoms with E-state index in [1.54, 1.807) is 11.3 Å². The Hall–Kier alpha value is -0.620. The zero-order valence-electron chi connectivity index (χ0n) is 10.2. The first-order valence-corrected chi connectivity index (χ1v) is 7.55. The van der Waals surface area contributed by atoms with Crippen LogP contribution in [0.3, 0.4) is 0 Å². The molecule has 1 unspecified atom stereocenters. The van der Waals surface area contributed by atoms with E-state index in [1.807, 2.05) is 6.20 Å². The minimum atomic E-state index is 0. The van der Waals surface area contributed by atoms with Crippen LogP contribution in [-0.4, -0.2) is 4.98 Å². The third kappa shape index (κ3) is 3.28. The van der Waals surface area contributed by atoms with Gasteiger partial charge < -0.3 is 11.1 Å². The maximum absolute atomic E-state index is 5.63. The second kappa shape index (κ2) is 6.22. The summed E-state index contributed by atoms with van der Waals surface area (Å²) in [6, 6.07) is 7.01. The van der Waals surface area contributed by atoms with Gasteiger partial charge in [0.15, 0.2) is 5.13 Å². The number of rotatable bonds is 3. The van der Waals surface area contributed by atoms with Gasteiger partial charge in [-0.25, -0.2) is 4.98 Å². The number of thiazole rings is 1. The molecular weight excluding hydrogens is 346 g/mol. The minimum Gasteiger partial charge on any atom is -0.375 e. The van der Waals surface area contributed by atoms with Crippen molar-refractivity contribution in [1.29, 1.82) is 0 Å². The van der Waals surface area contributed by atoms with Crippen LogP contribution >= 0.6 is 39.7 Å². The highest BCUT2D eigenvalue weighted by Crippen LogP contribution is 2.33. The normalized spacial score (nSPS) is 17.0. The zero-order chi connectivity index (χ0) is 12.5. The van der Waals surface area contributed by atoms with Crippen molar-refractivity contribution < 1.29 is 0 Å². The Morgan fingerprint density at radius 1 is 1.47 bits per heavy atom. The van der Waals surface area contributed by atoms with Gasteiger partial charge in [-0.05, 0) is 36.1 Å². The molecule has 0 saturated carbocycles. The topological polar surface area (TPSA) is 50.9 Å². The van der Waals surface area contributed by atoms with Crippen molar-refractivity contribution in [3.8, 4) is 0 Å². The number of hydrogen-bond donors (Lipinski definition) is 2. The highest BCUT2D eigenvalue weighted by atomic mass is 79.9. The van der Waals surface area contributed by atoms with Gasteiger partial charge in [-0.3, -0.25) is 0 Å². The molecule has 1 atom stereocenters. The first-order valence-electron chi connectivity index (χ1n) is 5.94. The van der Waals surface area contributed by atoms with E-state index in [4.69, 9.17) is 5.73 Å². The molecule has 1 aliphatic carbocycles. The summed E-state index contributed by atoms with van der Waals surface area (Å²) in [5, 5.41) is 4.23. The van der Waals surface area contributed by atoms with Crippen molar-refractivity contribution in [3.05, 3.63) is 44.9 Å². The SMILES string of the molecule is Cl.Nc1ncc(CNC2CCc3cc(Br)ccc32)s1. The lowest BCUT2D eigenvalue weighted by Crippen LogP contribution is -2.17. The van der Waals surface area contributed by atoms with Crippen LogP contribution in [0.4, 0.5) is 5.13 Å². The molecule has 0 spiro atoms. The molecule has 1 aliphatic rings. The zero-order valence-corrected chi connectivity index (χ0v) is 13.4. The molecule has 1 heterocycles. The summed E-state index contributed by atoms with van der Waals surface area (Å²) in [6.07, 6.45) is 4.17. The molecule has 0 aliphatic heterocycles. The summed E-state index contributed by atoms with van der Waals surface area (Å²) in [5.41, 5.74) is 8.51. The molecule has 3 nitrogen and oxygen atoms in total. The monoisotopic (exact) mass is 359 g/mol. The molecule has 3 N–H and O–H groups in total. The van der Waals surface area contributed by atoms with E-state index >= 15 is 0 Å². The summed E-state index contributed by atoms with van der Waals surface area (Å²) in [5.74, 6) is 0. The Labute approximate surface area is 131 Å². The summed E-state index contributed by atoms with van der Waals surface area (Å²) in [4.78, 5) is 5.26. The Bertz CT molecular complexity index is 573. The quantitative estimate of drug-likeness (QED) is 0.877. The minimum absolute atomic E-state index is 0. The maximum Gasteiger partial charge on any atom is 0.180 e. The predicted molar refractivity (Wildman–Crippen MR) is 85.8 cm³/mol. The third-order valence-electron chi connectivity index (χ3n) is 3.28. The Balaban J connectivity index is 0.00000133. The van der Waals surface area contributed by atoms with E-state index < -0.39 is 0 Å². The molecule has 0 fully saturated rings.